The summed E-state index contributed by atoms with van der Waals surface area (Å²) in [7, 11) is 0. The minimum absolute atomic E-state index is 0. The first-order valence-corrected chi connectivity index (χ1v) is 19.0. The summed E-state index contributed by atoms with van der Waals surface area (Å²) in [6.45, 7) is 22.3. The van der Waals surface area contributed by atoms with Gasteiger partial charge in [-0.3, -0.25) is 4.68 Å². The molecular formula is C48H52N4OPt. The fraction of sp³-hybridized carbons (Fsp3) is 0.333. The maximum Gasteiger partial charge on any atom is 2.00 e. The molecule has 0 saturated heterocycles. The van der Waals surface area contributed by atoms with Gasteiger partial charge in [0, 0.05) is 34.5 Å². The fourth-order valence-electron chi connectivity index (χ4n) is 7.44. The number of aryl methyl sites for hydroxylation is 2. The van der Waals surface area contributed by atoms with Crippen LogP contribution in [0.1, 0.15) is 102 Å². The van der Waals surface area contributed by atoms with E-state index in [1.165, 1.54) is 30.2 Å². The third-order valence-corrected chi connectivity index (χ3v) is 10.4. The molecule has 7 aromatic rings. The quantitative estimate of drug-likeness (QED) is 0.136. The summed E-state index contributed by atoms with van der Waals surface area (Å²) in [5, 5.41) is 7.33. The van der Waals surface area contributed by atoms with Crippen LogP contribution in [0.25, 0.3) is 44.4 Å². The first-order chi connectivity index (χ1) is 25.2. The van der Waals surface area contributed by atoms with Gasteiger partial charge in [0.05, 0.1) is 5.69 Å². The Morgan fingerprint density at radius 3 is 2.26 bits per heavy atom. The number of fused-ring (bicyclic) bond motifs is 3. The molecule has 280 valence electrons. The van der Waals surface area contributed by atoms with Crippen LogP contribution in [0.15, 0.2) is 91.1 Å². The number of pyridine rings is 1. The molecule has 5 nitrogen and oxygen atoms in total. The van der Waals surface area contributed by atoms with Crippen LogP contribution in [0.4, 0.5) is 0 Å². The number of aromatic nitrogens is 4. The van der Waals surface area contributed by atoms with Crippen molar-refractivity contribution in [2.75, 3.05) is 0 Å². The molecule has 0 bridgehead atoms. The maximum absolute atomic E-state index is 6.70. The van der Waals surface area contributed by atoms with Crippen LogP contribution in [-0.2, 0) is 26.5 Å². The molecule has 3 aromatic heterocycles. The Morgan fingerprint density at radius 2 is 1.56 bits per heavy atom. The first kappa shape index (κ1) is 39.2. The van der Waals surface area contributed by atoms with Gasteiger partial charge in [-0.05, 0) is 96.3 Å². The van der Waals surface area contributed by atoms with Crippen molar-refractivity contribution in [1.29, 1.82) is 0 Å². The second kappa shape index (κ2) is 15.3. The largest absolute Gasteiger partial charge is 2.00 e. The van der Waals surface area contributed by atoms with Gasteiger partial charge in [-0.15, -0.1) is 41.3 Å². The number of rotatable bonds is 9. The van der Waals surface area contributed by atoms with Gasteiger partial charge in [-0.25, -0.2) is 4.98 Å². The van der Waals surface area contributed by atoms with Crippen molar-refractivity contribution in [2.24, 2.45) is 5.41 Å². The van der Waals surface area contributed by atoms with Gasteiger partial charge in [0.15, 0.2) is 0 Å². The predicted octanol–water partition coefficient (Wildman–Crippen LogP) is 13.0. The standard InChI is InChI=1S/C48H52N4O.Pt/c1-31-22-24-49-45(25-31)51-43-21-18-36(32(2)15-14-23-47(5,6)7)26-42(43)41-20-19-39(30-44(41)51)53-40-28-37(48(8,9)10)27-38(29-40)52-34(4)46(33(3)50-52)35-16-12-11-13-17-35;/h11-13,16-22,24-28,32H,14-15,23H2,1-10H3;/q-2;+2. The molecule has 0 fully saturated rings. The SMILES string of the molecule is Cc1ccnc(-n2c3[c-]c(Oc4[c-]c(-n5nc(C)c(-c6ccccc6)c5C)cc(C(C)(C)C)c4)ccc3c3cc(C(C)CCCC(C)(C)C)ccc32)c1.[Pt+2]. The topological polar surface area (TPSA) is 44.9 Å². The molecule has 0 spiro atoms. The van der Waals surface area contributed by atoms with Gasteiger partial charge in [0.2, 0.25) is 0 Å². The molecule has 0 aliphatic carbocycles. The van der Waals surface area contributed by atoms with Crippen molar-refractivity contribution in [3.05, 3.63) is 131 Å². The fourth-order valence-corrected chi connectivity index (χ4v) is 7.44. The summed E-state index contributed by atoms with van der Waals surface area (Å²) >= 11 is 0. The van der Waals surface area contributed by atoms with Gasteiger partial charge >= 0.3 is 21.1 Å². The molecule has 54 heavy (non-hydrogen) atoms. The van der Waals surface area contributed by atoms with E-state index in [4.69, 9.17) is 14.8 Å². The third kappa shape index (κ3) is 8.13. The Balaban J connectivity index is 0.00000497. The zero-order valence-electron chi connectivity index (χ0n) is 33.4. The van der Waals surface area contributed by atoms with Crippen molar-refractivity contribution >= 4 is 21.8 Å². The van der Waals surface area contributed by atoms with Crippen LogP contribution in [0.2, 0.25) is 0 Å². The molecule has 0 radical (unpaired) electrons. The van der Waals surface area contributed by atoms with Crippen molar-refractivity contribution in [3.8, 4) is 34.1 Å². The average molecular weight is 896 g/mol. The molecule has 0 N–H and O–H groups in total. The number of benzene rings is 4. The van der Waals surface area contributed by atoms with Crippen LogP contribution in [0.5, 0.6) is 11.5 Å². The van der Waals surface area contributed by atoms with E-state index in [9.17, 15) is 0 Å². The second-order valence-corrected chi connectivity index (χ2v) is 17.0. The Labute approximate surface area is 336 Å². The molecule has 1 unspecified atom stereocenters. The van der Waals surface area contributed by atoms with E-state index in [-0.39, 0.29) is 26.5 Å². The molecule has 0 aliphatic heterocycles. The van der Waals surface area contributed by atoms with Crippen LogP contribution in [0, 0.1) is 38.3 Å². The van der Waals surface area contributed by atoms with Crippen molar-refractivity contribution in [3.63, 3.8) is 0 Å². The van der Waals surface area contributed by atoms with E-state index in [0.717, 1.165) is 61.6 Å². The monoisotopic (exact) mass is 895 g/mol. The van der Waals surface area contributed by atoms with Crippen molar-refractivity contribution < 1.29 is 25.8 Å². The van der Waals surface area contributed by atoms with Crippen molar-refractivity contribution in [1.82, 2.24) is 19.3 Å². The molecule has 0 saturated carbocycles. The minimum atomic E-state index is -0.126. The van der Waals surface area contributed by atoms with E-state index in [1.807, 2.05) is 29.1 Å². The zero-order chi connectivity index (χ0) is 37.7. The van der Waals surface area contributed by atoms with E-state index in [0.29, 0.717) is 22.8 Å². The van der Waals surface area contributed by atoms with Gasteiger partial charge < -0.3 is 9.30 Å². The molecule has 7 rings (SSSR count). The summed E-state index contributed by atoms with van der Waals surface area (Å²) in [5.74, 6) is 2.58. The van der Waals surface area contributed by atoms with Crippen LogP contribution in [0.3, 0.4) is 0 Å². The smallest absolute Gasteiger partial charge is 0.509 e. The Morgan fingerprint density at radius 1 is 0.796 bits per heavy atom. The third-order valence-electron chi connectivity index (χ3n) is 10.4. The first-order valence-electron chi connectivity index (χ1n) is 19.0. The molecule has 6 heteroatoms. The predicted molar refractivity (Wildman–Crippen MR) is 220 cm³/mol. The number of hydrogen-bond acceptors (Lipinski definition) is 3. The molecule has 1 atom stereocenters. The number of hydrogen-bond donors (Lipinski definition) is 0. The Kier molecular flexibility index (Phi) is 11.1. The van der Waals surface area contributed by atoms with Crippen LogP contribution in [-0.4, -0.2) is 19.3 Å². The number of nitrogens with zero attached hydrogens (tertiary/aromatic N) is 4. The van der Waals surface area contributed by atoms with Gasteiger partial charge in [-0.2, -0.15) is 11.2 Å². The van der Waals surface area contributed by atoms with E-state index in [2.05, 4.69) is 153 Å². The van der Waals surface area contributed by atoms with E-state index >= 15 is 0 Å². The summed E-state index contributed by atoms with van der Waals surface area (Å²) < 4.78 is 10.9. The van der Waals surface area contributed by atoms with Crippen LogP contribution >= 0.6 is 0 Å². The summed E-state index contributed by atoms with van der Waals surface area (Å²) in [6, 6.07) is 37.3. The normalized spacial score (nSPS) is 12.6. The van der Waals surface area contributed by atoms with Gasteiger partial charge in [0.1, 0.15) is 5.82 Å². The molecule has 4 aromatic carbocycles. The Bertz CT molecular complexity index is 2420. The van der Waals surface area contributed by atoms with Gasteiger partial charge in [0.25, 0.3) is 0 Å². The number of ether oxygens (including phenoxy) is 1. The summed E-state index contributed by atoms with van der Waals surface area (Å²) in [4.78, 5) is 4.83. The Hall–Kier alpha value is -4.47. The molecular weight excluding hydrogens is 844 g/mol. The molecule has 0 aliphatic rings. The molecule has 3 heterocycles. The van der Waals surface area contributed by atoms with Crippen molar-refractivity contribution in [2.45, 2.75) is 99.8 Å². The molecule has 0 amide bonds. The minimum Gasteiger partial charge on any atom is -0.509 e. The summed E-state index contributed by atoms with van der Waals surface area (Å²) in [6.07, 6.45) is 5.49. The average Bonchev–Trinajstić information content (AvgIpc) is 3.59. The summed E-state index contributed by atoms with van der Waals surface area (Å²) in [5.41, 5.74) is 11.1. The van der Waals surface area contributed by atoms with E-state index in [1.54, 1.807) is 0 Å². The van der Waals surface area contributed by atoms with E-state index < -0.39 is 0 Å². The maximum atomic E-state index is 6.70. The second-order valence-electron chi connectivity index (χ2n) is 17.0. The zero-order valence-corrected chi connectivity index (χ0v) is 35.6. The van der Waals surface area contributed by atoms with Crippen LogP contribution < -0.4 is 4.74 Å². The van der Waals surface area contributed by atoms with Gasteiger partial charge in [-0.1, -0.05) is 103 Å².